The molecule has 1 aromatic rings. The van der Waals surface area contributed by atoms with Crippen LogP contribution in [-0.4, -0.2) is 23.3 Å². The van der Waals surface area contributed by atoms with Gasteiger partial charge in [-0.15, -0.1) is 0 Å². The van der Waals surface area contributed by atoms with Gasteiger partial charge in [0.05, 0.1) is 0 Å². The van der Waals surface area contributed by atoms with Crippen molar-refractivity contribution in [1.29, 1.82) is 0 Å². The zero-order valence-corrected chi connectivity index (χ0v) is 8.38. The van der Waals surface area contributed by atoms with E-state index in [0.29, 0.717) is 18.6 Å². The summed E-state index contributed by atoms with van der Waals surface area (Å²) >= 11 is 0. The fraction of sp³-hybridized carbons (Fsp3) is 0.273. The third-order valence-corrected chi connectivity index (χ3v) is 2.37. The maximum absolute atomic E-state index is 11.3. The first kappa shape index (κ1) is 10.5. The molecule has 0 aromatic heterocycles. The second-order valence-electron chi connectivity index (χ2n) is 3.44. The Labute approximate surface area is 91.6 Å². The summed E-state index contributed by atoms with van der Waals surface area (Å²) in [5.41, 5.74) is 1.02. The summed E-state index contributed by atoms with van der Waals surface area (Å²) in [5, 5.41) is 8.31. The molecule has 0 amide bonds. The first-order chi connectivity index (χ1) is 7.66. The molecule has 1 heterocycles. The van der Waals surface area contributed by atoms with Crippen LogP contribution < -0.4 is 4.74 Å². The molecule has 5 heteroatoms. The number of hydrogen-bond donors (Lipinski definition) is 1. The van der Waals surface area contributed by atoms with Crippen LogP contribution >= 0.6 is 0 Å². The molecule has 0 saturated carbocycles. The van der Waals surface area contributed by atoms with Crippen LogP contribution in [0, 0.1) is 0 Å². The maximum atomic E-state index is 11.3. The van der Waals surface area contributed by atoms with Crippen LogP contribution in [0.2, 0.25) is 0 Å². The molecular formula is C11H10O5. The highest BCUT2D eigenvalue weighted by Gasteiger charge is 2.28. The monoisotopic (exact) mass is 222 g/mol. The molecule has 5 nitrogen and oxygen atoms in total. The van der Waals surface area contributed by atoms with Crippen molar-refractivity contribution in [2.24, 2.45) is 0 Å². The summed E-state index contributed by atoms with van der Waals surface area (Å²) in [7, 11) is 0. The van der Waals surface area contributed by atoms with Crippen molar-refractivity contribution in [3.8, 4) is 5.75 Å². The Balaban J connectivity index is 2.08. The van der Waals surface area contributed by atoms with Gasteiger partial charge in [-0.3, -0.25) is 0 Å². The average molecular weight is 222 g/mol. The third-order valence-electron chi connectivity index (χ3n) is 2.37. The lowest BCUT2D eigenvalue weighted by atomic mass is 10.0. The summed E-state index contributed by atoms with van der Waals surface area (Å²) < 4.78 is 9.41. The Morgan fingerprint density at radius 3 is 2.88 bits per heavy atom. The zero-order valence-electron chi connectivity index (χ0n) is 8.38. The molecule has 0 spiro atoms. The highest BCUT2D eigenvalue weighted by molar-refractivity contribution is 5.84. The number of hydrogen-bond acceptors (Lipinski definition) is 4. The third kappa shape index (κ3) is 2.13. The van der Waals surface area contributed by atoms with Crippen molar-refractivity contribution in [2.45, 2.75) is 18.9 Å². The van der Waals surface area contributed by atoms with Crippen LogP contribution in [0.1, 0.15) is 12.0 Å². The first-order valence-electron chi connectivity index (χ1n) is 4.86. The van der Waals surface area contributed by atoms with Crippen molar-refractivity contribution in [2.75, 3.05) is 0 Å². The number of rotatable bonds is 1. The molecule has 0 aliphatic carbocycles. The lowest BCUT2D eigenvalue weighted by molar-refractivity contribution is -0.147. The summed E-state index contributed by atoms with van der Waals surface area (Å²) in [6.45, 7) is 0. The predicted octanol–water partition coefficient (Wildman–Crippen LogP) is 1.60. The van der Waals surface area contributed by atoms with Gasteiger partial charge in [0.15, 0.2) is 6.10 Å². The van der Waals surface area contributed by atoms with Crippen LogP contribution in [0.25, 0.3) is 0 Å². The van der Waals surface area contributed by atoms with Gasteiger partial charge in [0.1, 0.15) is 5.75 Å². The van der Waals surface area contributed by atoms with Crippen molar-refractivity contribution in [3.05, 3.63) is 29.8 Å². The molecule has 0 radical (unpaired) electrons. The minimum atomic E-state index is -1.60. The number of fused-ring (bicyclic) bond motifs is 1. The number of benzene rings is 1. The maximum Gasteiger partial charge on any atom is 0.513 e. The molecule has 1 aromatic carbocycles. The van der Waals surface area contributed by atoms with E-state index in [2.05, 4.69) is 4.74 Å². The van der Waals surface area contributed by atoms with E-state index < -0.39 is 18.2 Å². The molecule has 1 aliphatic heterocycles. The van der Waals surface area contributed by atoms with E-state index in [-0.39, 0.29) is 0 Å². The van der Waals surface area contributed by atoms with E-state index >= 15 is 0 Å². The molecule has 84 valence electrons. The van der Waals surface area contributed by atoms with Crippen LogP contribution in [0.15, 0.2) is 24.3 Å². The number of aryl methyl sites for hydroxylation is 1. The lowest BCUT2D eigenvalue weighted by Gasteiger charge is -2.23. The number of ether oxygens (including phenoxy) is 2. The Kier molecular flexibility index (Phi) is 2.76. The van der Waals surface area contributed by atoms with Crippen molar-refractivity contribution in [3.63, 3.8) is 0 Å². The second-order valence-corrected chi connectivity index (χ2v) is 3.44. The SMILES string of the molecule is O=C(O)OC(=O)C1CCc2ccccc2O1. The largest absolute Gasteiger partial charge is 0.513 e. The molecular weight excluding hydrogens is 212 g/mol. The Bertz CT molecular complexity index is 426. The van der Waals surface area contributed by atoms with Crippen molar-refractivity contribution < 1.29 is 24.2 Å². The van der Waals surface area contributed by atoms with E-state index in [1.807, 2.05) is 12.1 Å². The lowest BCUT2D eigenvalue weighted by Crippen LogP contribution is -2.33. The van der Waals surface area contributed by atoms with Gasteiger partial charge >= 0.3 is 12.1 Å². The molecule has 0 fully saturated rings. The molecule has 0 bridgehead atoms. The van der Waals surface area contributed by atoms with E-state index in [9.17, 15) is 9.59 Å². The fourth-order valence-corrected chi connectivity index (χ4v) is 1.64. The smallest absolute Gasteiger partial charge is 0.478 e. The number of esters is 1. The quantitative estimate of drug-likeness (QED) is 0.577. The van der Waals surface area contributed by atoms with E-state index in [4.69, 9.17) is 9.84 Å². The Morgan fingerprint density at radius 2 is 2.12 bits per heavy atom. The molecule has 1 atom stereocenters. The van der Waals surface area contributed by atoms with Gasteiger partial charge in [-0.1, -0.05) is 18.2 Å². The van der Waals surface area contributed by atoms with Gasteiger partial charge in [-0.25, -0.2) is 9.59 Å². The molecule has 16 heavy (non-hydrogen) atoms. The van der Waals surface area contributed by atoms with E-state index in [1.54, 1.807) is 12.1 Å². The van der Waals surface area contributed by atoms with Gasteiger partial charge in [0.2, 0.25) is 0 Å². The molecule has 2 rings (SSSR count). The topological polar surface area (TPSA) is 72.8 Å². The fourth-order valence-electron chi connectivity index (χ4n) is 1.64. The van der Waals surface area contributed by atoms with Crippen LogP contribution in [-0.2, 0) is 16.0 Å². The summed E-state index contributed by atoms with van der Waals surface area (Å²) in [6, 6.07) is 7.34. The van der Waals surface area contributed by atoms with Gasteiger partial charge in [-0.2, -0.15) is 0 Å². The number of carboxylic acid groups (broad SMARTS) is 1. The Morgan fingerprint density at radius 1 is 1.38 bits per heavy atom. The summed E-state index contributed by atoms with van der Waals surface area (Å²) in [5.74, 6) is -0.247. The van der Waals surface area contributed by atoms with Crippen LogP contribution in [0.3, 0.4) is 0 Å². The highest BCUT2D eigenvalue weighted by Crippen LogP contribution is 2.27. The average Bonchev–Trinajstić information content (AvgIpc) is 2.27. The van der Waals surface area contributed by atoms with Gasteiger partial charge in [0, 0.05) is 0 Å². The minimum Gasteiger partial charge on any atom is -0.478 e. The molecule has 0 saturated heterocycles. The van der Waals surface area contributed by atoms with E-state index in [1.165, 1.54) is 0 Å². The highest BCUT2D eigenvalue weighted by atomic mass is 16.7. The molecule has 1 aliphatic rings. The summed E-state index contributed by atoms with van der Waals surface area (Å²) in [4.78, 5) is 21.5. The normalized spacial score (nSPS) is 18.1. The molecule has 1 unspecified atom stereocenters. The standard InChI is InChI=1S/C11H10O5/c12-10(16-11(13)14)9-6-5-7-3-1-2-4-8(7)15-9/h1-4,9H,5-6H2,(H,13,14). The number of para-hydroxylation sites is 1. The number of carbonyl (C=O) groups excluding carboxylic acids is 1. The van der Waals surface area contributed by atoms with E-state index in [0.717, 1.165) is 5.56 Å². The van der Waals surface area contributed by atoms with Gasteiger partial charge < -0.3 is 14.6 Å². The van der Waals surface area contributed by atoms with Crippen molar-refractivity contribution >= 4 is 12.1 Å². The zero-order chi connectivity index (χ0) is 11.5. The number of carbonyl (C=O) groups is 2. The van der Waals surface area contributed by atoms with Crippen LogP contribution in [0.4, 0.5) is 4.79 Å². The predicted molar refractivity (Wildman–Crippen MR) is 53.3 cm³/mol. The van der Waals surface area contributed by atoms with Crippen molar-refractivity contribution in [1.82, 2.24) is 0 Å². The first-order valence-corrected chi connectivity index (χ1v) is 4.86. The Hall–Kier alpha value is -2.04. The van der Waals surface area contributed by atoms with Gasteiger partial charge in [-0.05, 0) is 24.5 Å². The summed E-state index contributed by atoms with van der Waals surface area (Å²) in [6.07, 6.45) is -1.32. The minimum absolute atomic E-state index is 0.434. The second kappa shape index (κ2) is 4.22. The van der Waals surface area contributed by atoms with Crippen LogP contribution in [0.5, 0.6) is 5.75 Å². The van der Waals surface area contributed by atoms with Gasteiger partial charge in [0.25, 0.3) is 0 Å². The molecule has 1 N–H and O–H groups in total.